The Balaban J connectivity index is 1.59. The molecule has 4 rings (SSSR count). The number of aryl methyl sites for hydroxylation is 1. The lowest BCUT2D eigenvalue weighted by Gasteiger charge is -2.16. The second-order valence-electron chi connectivity index (χ2n) is 7.32. The first-order valence-electron chi connectivity index (χ1n) is 9.81. The fraction of sp³-hybridized carbons (Fsp3) is 0.348. The van der Waals surface area contributed by atoms with Crippen LogP contribution in [0.15, 0.2) is 46.9 Å². The van der Waals surface area contributed by atoms with E-state index in [0.29, 0.717) is 41.9 Å². The molecule has 5 heteroatoms. The molecule has 1 saturated heterocycles. The predicted molar refractivity (Wildman–Crippen MR) is 108 cm³/mol. The first-order chi connectivity index (χ1) is 13.6. The SMILES string of the molecule is Cc1oc2ccc(O)c(CN3CCCC3)c2c1C(=O)OCCc1ccccc1. The van der Waals surface area contributed by atoms with E-state index in [1.54, 1.807) is 19.1 Å². The molecule has 0 atom stereocenters. The van der Waals surface area contributed by atoms with Gasteiger partial charge in [0.25, 0.3) is 0 Å². The normalized spacial score (nSPS) is 14.6. The predicted octanol–water partition coefficient (Wildman–Crippen LogP) is 4.44. The van der Waals surface area contributed by atoms with Crippen LogP contribution < -0.4 is 0 Å². The van der Waals surface area contributed by atoms with E-state index in [0.717, 1.165) is 37.1 Å². The zero-order valence-electron chi connectivity index (χ0n) is 16.1. The minimum absolute atomic E-state index is 0.193. The minimum Gasteiger partial charge on any atom is -0.508 e. The number of hydrogen-bond acceptors (Lipinski definition) is 5. The molecule has 1 aromatic heterocycles. The first-order valence-corrected chi connectivity index (χ1v) is 9.81. The molecule has 0 saturated carbocycles. The highest BCUT2D eigenvalue weighted by Crippen LogP contribution is 2.35. The van der Waals surface area contributed by atoms with Crippen LogP contribution in [0.4, 0.5) is 0 Å². The summed E-state index contributed by atoms with van der Waals surface area (Å²) in [5, 5.41) is 11.2. The first kappa shape index (κ1) is 18.6. The number of furan rings is 1. The molecule has 2 heterocycles. The summed E-state index contributed by atoms with van der Waals surface area (Å²) in [5.41, 5.74) is 2.90. The number of fused-ring (bicyclic) bond motifs is 1. The molecular formula is C23H25NO4. The van der Waals surface area contributed by atoms with E-state index in [9.17, 15) is 9.90 Å². The number of likely N-dealkylation sites (tertiary alicyclic amines) is 1. The smallest absolute Gasteiger partial charge is 0.342 e. The van der Waals surface area contributed by atoms with Crippen molar-refractivity contribution in [3.8, 4) is 5.75 Å². The summed E-state index contributed by atoms with van der Waals surface area (Å²) in [7, 11) is 0. The van der Waals surface area contributed by atoms with Crippen LogP contribution in [0.3, 0.4) is 0 Å². The molecule has 0 amide bonds. The van der Waals surface area contributed by atoms with Gasteiger partial charge in [0, 0.05) is 23.9 Å². The third kappa shape index (κ3) is 3.76. The number of rotatable bonds is 6. The van der Waals surface area contributed by atoms with Gasteiger partial charge in [-0.2, -0.15) is 0 Å². The standard InChI is InChI=1S/C23H25NO4/c1-16-21(23(26)27-14-11-17-7-3-2-4-8-17)22-18(15-24-12-5-6-13-24)19(25)9-10-20(22)28-16/h2-4,7-10,25H,5-6,11-15H2,1H3. The van der Waals surface area contributed by atoms with Crippen molar-refractivity contribution in [3.63, 3.8) is 0 Å². The molecule has 146 valence electrons. The van der Waals surface area contributed by atoms with E-state index in [2.05, 4.69) is 4.90 Å². The van der Waals surface area contributed by atoms with Crippen molar-refractivity contribution in [2.75, 3.05) is 19.7 Å². The van der Waals surface area contributed by atoms with Gasteiger partial charge in [0.05, 0.1) is 6.61 Å². The van der Waals surface area contributed by atoms with Crippen LogP contribution >= 0.6 is 0 Å². The monoisotopic (exact) mass is 379 g/mol. The van der Waals surface area contributed by atoms with Gasteiger partial charge in [-0.25, -0.2) is 4.79 Å². The zero-order chi connectivity index (χ0) is 19.5. The van der Waals surface area contributed by atoms with Gasteiger partial charge < -0.3 is 14.3 Å². The summed E-state index contributed by atoms with van der Waals surface area (Å²) >= 11 is 0. The number of esters is 1. The van der Waals surface area contributed by atoms with Crippen LogP contribution in [0.2, 0.25) is 0 Å². The molecule has 0 unspecified atom stereocenters. The van der Waals surface area contributed by atoms with E-state index < -0.39 is 5.97 Å². The maximum Gasteiger partial charge on any atom is 0.342 e. The Hall–Kier alpha value is -2.79. The Morgan fingerprint density at radius 1 is 1.14 bits per heavy atom. The fourth-order valence-corrected chi connectivity index (χ4v) is 3.92. The van der Waals surface area contributed by atoms with Crippen LogP contribution in [0.25, 0.3) is 11.0 Å². The molecule has 1 N–H and O–H groups in total. The van der Waals surface area contributed by atoms with Gasteiger partial charge in [0.15, 0.2) is 0 Å². The fourth-order valence-electron chi connectivity index (χ4n) is 3.92. The van der Waals surface area contributed by atoms with Crippen LogP contribution in [-0.2, 0) is 17.7 Å². The van der Waals surface area contributed by atoms with Crippen molar-refractivity contribution < 1.29 is 19.1 Å². The van der Waals surface area contributed by atoms with Crippen molar-refractivity contribution in [1.82, 2.24) is 4.90 Å². The molecule has 3 aromatic rings. The zero-order valence-corrected chi connectivity index (χ0v) is 16.1. The Kier molecular flexibility index (Phi) is 5.35. The largest absolute Gasteiger partial charge is 0.508 e. The second kappa shape index (κ2) is 8.07. The van der Waals surface area contributed by atoms with E-state index in [-0.39, 0.29) is 5.75 Å². The van der Waals surface area contributed by atoms with Crippen molar-refractivity contribution in [3.05, 3.63) is 64.9 Å². The molecule has 0 bridgehead atoms. The highest BCUT2D eigenvalue weighted by atomic mass is 16.5. The molecule has 0 aliphatic carbocycles. The number of ether oxygens (including phenoxy) is 1. The van der Waals surface area contributed by atoms with E-state index in [1.165, 1.54) is 0 Å². The number of nitrogens with zero attached hydrogens (tertiary/aromatic N) is 1. The number of benzene rings is 2. The Morgan fingerprint density at radius 2 is 1.89 bits per heavy atom. The van der Waals surface area contributed by atoms with Crippen molar-refractivity contribution in [1.29, 1.82) is 0 Å². The van der Waals surface area contributed by atoms with Crippen LogP contribution in [-0.4, -0.2) is 35.7 Å². The average molecular weight is 379 g/mol. The third-order valence-electron chi connectivity index (χ3n) is 5.37. The maximum absolute atomic E-state index is 12.9. The Labute approximate surface area is 164 Å². The maximum atomic E-state index is 12.9. The number of carbonyl (C=O) groups excluding carboxylic acids is 1. The molecular weight excluding hydrogens is 354 g/mol. The topological polar surface area (TPSA) is 62.9 Å². The van der Waals surface area contributed by atoms with Gasteiger partial charge in [0.1, 0.15) is 22.7 Å². The summed E-state index contributed by atoms with van der Waals surface area (Å²) in [4.78, 5) is 15.1. The highest BCUT2D eigenvalue weighted by Gasteiger charge is 2.25. The van der Waals surface area contributed by atoms with Crippen LogP contribution in [0.5, 0.6) is 5.75 Å². The Bertz CT molecular complexity index is 971. The molecule has 5 nitrogen and oxygen atoms in total. The lowest BCUT2D eigenvalue weighted by atomic mass is 10.0. The third-order valence-corrected chi connectivity index (χ3v) is 5.37. The summed E-state index contributed by atoms with van der Waals surface area (Å²) in [6.07, 6.45) is 2.98. The number of carbonyl (C=O) groups is 1. The van der Waals surface area contributed by atoms with Crippen molar-refractivity contribution in [2.45, 2.75) is 32.7 Å². The molecule has 1 fully saturated rings. The molecule has 28 heavy (non-hydrogen) atoms. The summed E-state index contributed by atoms with van der Waals surface area (Å²) in [6, 6.07) is 13.3. The molecule has 0 spiro atoms. The van der Waals surface area contributed by atoms with Gasteiger partial charge in [-0.05, 0) is 50.6 Å². The quantitative estimate of drug-likeness (QED) is 0.642. The van der Waals surface area contributed by atoms with Gasteiger partial charge in [-0.1, -0.05) is 30.3 Å². The van der Waals surface area contributed by atoms with Crippen molar-refractivity contribution >= 4 is 16.9 Å². The highest BCUT2D eigenvalue weighted by molar-refractivity contribution is 6.06. The molecule has 2 aromatic carbocycles. The van der Waals surface area contributed by atoms with E-state index in [4.69, 9.17) is 9.15 Å². The lowest BCUT2D eigenvalue weighted by Crippen LogP contribution is -2.19. The molecule has 1 aliphatic rings. The van der Waals surface area contributed by atoms with Crippen LogP contribution in [0.1, 0.15) is 40.1 Å². The Morgan fingerprint density at radius 3 is 2.64 bits per heavy atom. The number of phenolic OH excluding ortho intramolecular Hbond substituents is 1. The molecule has 1 aliphatic heterocycles. The second-order valence-corrected chi connectivity index (χ2v) is 7.32. The average Bonchev–Trinajstić information content (AvgIpc) is 3.32. The minimum atomic E-state index is -0.402. The molecule has 0 radical (unpaired) electrons. The van der Waals surface area contributed by atoms with Gasteiger partial charge in [-0.15, -0.1) is 0 Å². The van der Waals surface area contributed by atoms with Crippen molar-refractivity contribution in [2.24, 2.45) is 0 Å². The summed E-state index contributed by atoms with van der Waals surface area (Å²) in [6.45, 7) is 4.68. The van der Waals surface area contributed by atoms with Crippen LogP contribution in [0, 0.1) is 6.92 Å². The summed E-state index contributed by atoms with van der Waals surface area (Å²) < 4.78 is 11.4. The number of hydrogen-bond donors (Lipinski definition) is 1. The van der Waals surface area contributed by atoms with E-state index >= 15 is 0 Å². The number of phenols is 1. The van der Waals surface area contributed by atoms with Gasteiger partial charge in [0.2, 0.25) is 0 Å². The lowest BCUT2D eigenvalue weighted by molar-refractivity contribution is 0.0509. The number of aromatic hydroxyl groups is 1. The summed E-state index contributed by atoms with van der Waals surface area (Å²) in [5.74, 6) is 0.312. The van der Waals surface area contributed by atoms with Gasteiger partial charge in [-0.3, -0.25) is 4.90 Å². The van der Waals surface area contributed by atoms with E-state index in [1.807, 2.05) is 30.3 Å². The van der Waals surface area contributed by atoms with Gasteiger partial charge >= 0.3 is 5.97 Å².